The van der Waals surface area contributed by atoms with E-state index in [1.54, 1.807) is 7.11 Å². The molecule has 0 radical (unpaired) electrons. The zero-order valence-corrected chi connectivity index (χ0v) is 12.3. The van der Waals surface area contributed by atoms with Crippen LogP contribution in [0, 0.1) is 0 Å². The SMILES string of the molecule is COc1cccc(-c2nc3ccccn3c2C(C)CN)c1. The molecule has 1 unspecified atom stereocenters. The second kappa shape index (κ2) is 5.58. The van der Waals surface area contributed by atoms with E-state index in [0.29, 0.717) is 6.54 Å². The molecule has 0 fully saturated rings. The van der Waals surface area contributed by atoms with Crippen LogP contribution in [0.5, 0.6) is 5.75 Å². The first kappa shape index (κ1) is 13.6. The monoisotopic (exact) mass is 281 g/mol. The van der Waals surface area contributed by atoms with Gasteiger partial charge in [-0.05, 0) is 24.3 Å². The zero-order chi connectivity index (χ0) is 14.8. The van der Waals surface area contributed by atoms with E-state index in [4.69, 9.17) is 15.5 Å². The molecular weight excluding hydrogens is 262 g/mol. The van der Waals surface area contributed by atoms with Gasteiger partial charge in [0, 0.05) is 24.2 Å². The fourth-order valence-corrected chi connectivity index (χ4v) is 2.58. The predicted molar refractivity (Wildman–Crippen MR) is 84.6 cm³/mol. The van der Waals surface area contributed by atoms with Crippen molar-refractivity contribution < 1.29 is 4.74 Å². The summed E-state index contributed by atoms with van der Waals surface area (Å²) in [5, 5.41) is 0. The Labute approximate surface area is 124 Å². The molecule has 4 nitrogen and oxygen atoms in total. The molecule has 1 atom stereocenters. The van der Waals surface area contributed by atoms with Gasteiger partial charge in [0.05, 0.1) is 18.5 Å². The lowest BCUT2D eigenvalue weighted by Gasteiger charge is -2.12. The highest BCUT2D eigenvalue weighted by Gasteiger charge is 2.18. The fraction of sp³-hybridized carbons (Fsp3) is 0.235. The number of fused-ring (bicyclic) bond motifs is 1. The summed E-state index contributed by atoms with van der Waals surface area (Å²) in [4.78, 5) is 4.78. The van der Waals surface area contributed by atoms with E-state index in [2.05, 4.69) is 17.4 Å². The van der Waals surface area contributed by atoms with Crippen LogP contribution in [0.1, 0.15) is 18.5 Å². The Morgan fingerprint density at radius 3 is 2.86 bits per heavy atom. The number of hydrogen-bond donors (Lipinski definition) is 1. The second-order valence-corrected chi connectivity index (χ2v) is 5.14. The molecule has 0 saturated carbocycles. The number of benzene rings is 1. The van der Waals surface area contributed by atoms with Crippen LogP contribution in [-0.4, -0.2) is 23.0 Å². The largest absolute Gasteiger partial charge is 0.497 e. The second-order valence-electron chi connectivity index (χ2n) is 5.14. The summed E-state index contributed by atoms with van der Waals surface area (Å²) < 4.78 is 7.44. The maximum Gasteiger partial charge on any atom is 0.137 e. The van der Waals surface area contributed by atoms with Crippen LogP contribution in [0.15, 0.2) is 48.7 Å². The molecule has 3 rings (SSSR count). The van der Waals surface area contributed by atoms with Crippen molar-refractivity contribution in [3.63, 3.8) is 0 Å². The summed E-state index contributed by atoms with van der Waals surface area (Å²) in [5.74, 6) is 1.06. The van der Waals surface area contributed by atoms with Crippen molar-refractivity contribution in [2.75, 3.05) is 13.7 Å². The maximum atomic E-state index is 5.89. The maximum absolute atomic E-state index is 5.89. The number of nitrogens with zero attached hydrogens (tertiary/aromatic N) is 2. The van der Waals surface area contributed by atoms with Crippen LogP contribution in [0.4, 0.5) is 0 Å². The molecule has 0 amide bonds. The van der Waals surface area contributed by atoms with Gasteiger partial charge in [0.15, 0.2) is 0 Å². The van der Waals surface area contributed by atoms with E-state index >= 15 is 0 Å². The fourth-order valence-electron chi connectivity index (χ4n) is 2.58. The minimum atomic E-state index is 0.226. The van der Waals surface area contributed by atoms with Crippen LogP contribution in [0.2, 0.25) is 0 Å². The molecule has 1 aromatic carbocycles. The smallest absolute Gasteiger partial charge is 0.137 e. The molecule has 2 N–H and O–H groups in total. The van der Waals surface area contributed by atoms with E-state index in [1.165, 1.54) is 0 Å². The lowest BCUT2D eigenvalue weighted by Crippen LogP contribution is -2.12. The van der Waals surface area contributed by atoms with Crippen molar-refractivity contribution in [3.8, 4) is 17.0 Å². The number of rotatable bonds is 4. The number of ether oxygens (including phenoxy) is 1. The van der Waals surface area contributed by atoms with Crippen LogP contribution in [-0.2, 0) is 0 Å². The van der Waals surface area contributed by atoms with Crippen molar-refractivity contribution in [2.45, 2.75) is 12.8 Å². The van der Waals surface area contributed by atoms with E-state index in [-0.39, 0.29) is 5.92 Å². The molecule has 2 heterocycles. The molecular formula is C17H19N3O. The summed E-state index contributed by atoms with van der Waals surface area (Å²) in [5.41, 5.74) is 9.99. The zero-order valence-electron chi connectivity index (χ0n) is 12.3. The van der Waals surface area contributed by atoms with Gasteiger partial charge in [-0.25, -0.2) is 4.98 Å². The lowest BCUT2D eigenvalue weighted by molar-refractivity contribution is 0.415. The van der Waals surface area contributed by atoms with Crippen molar-refractivity contribution in [1.29, 1.82) is 0 Å². The minimum Gasteiger partial charge on any atom is -0.497 e. The third-order valence-electron chi connectivity index (χ3n) is 3.73. The Morgan fingerprint density at radius 2 is 2.10 bits per heavy atom. The molecule has 0 aliphatic heterocycles. The molecule has 2 aromatic heterocycles. The topological polar surface area (TPSA) is 52.5 Å². The first-order valence-electron chi connectivity index (χ1n) is 7.06. The van der Waals surface area contributed by atoms with Gasteiger partial charge in [0.25, 0.3) is 0 Å². The van der Waals surface area contributed by atoms with Crippen molar-refractivity contribution in [2.24, 2.45) is 5.73 Å². The van der Waals surface area contributed by atoms with Gasteiger partial charge in [-0.1, -0.05) is 25.1 Å². The average molecular weight is 281 g/mol. The molecule has 0 bridgehead atoms. The van der Waals surface area contributed by atoms with Gasteiger partial charge in [-0.3, -0.25) is 0 Å². The predicted octanol–water partition coefficient (Wildman–Crippen LogP) is 3.07. The van der Waals surface area contributed by atoms with E-state index in [9.17, 15) is 0 Å². The Morgan fingerprint density at radius 1 is 1.24 bits per heavy atom. The van der Waals surface area contributed by atoms with Gasteiger partial charge in [0.2, 0.25) is 0 Å². The van der Waals surface area contributed by atoms with Crippen molar-refractivity contribution >= 4 is 5.65 Å². The molecule has 4 heteroatoms. The molecule has 21 heavy (non-hydrogen) atoms. The first-order valence-corrected chi connectivity index (χ1v) is 7.06. The van der Waals surface area contributed by atoms with Gasteiger partial charge >= 0.3 is 0 Å². The molecule has 108 valence electrons. The quantitative estimate of drug-likeness (QED) is 0.799. The average Bonchev–Trinajstić information content (AvgIpc) is 2.93. The standard InChI is InChI=1S/C17H19N3O/c1-12(11-18)17-16(13-6-5-7-14(10-13)21-2)19-15-8-3-4-9-20(15)17/h3-10,12H,11,18H2,1-2H3. The number of nitrogens with two attached hydrogens (primary N) is 1. The summed E-state index contributed by atoms with van der Waals surface area (Å²) >= 11 is 0. The van der Waals surface area contributed by atoms with Gasteiger partial charge in [-0.15, -0.1) is 0 Å². The molecule has 3 aromatic rings. The van der Waals surface area contributed by atoms with Gasteiger partial charge in [0.1, 0.15) is 11.4 Å². The number of aromatic nitrogens is 2. The lowest BCUT2D eigenvalue weighted by atomic mass is 10.0. The highest BCUT2D eigenvalue weighted by Crippen LogP contribution is 2.31. The Kier molecular flexibility index (Phi) is 3.62. The summed E-state index contributed by atoms with van der Waals surface area (Å²) in [6, 6.07) is 14.0. The Balaban J connectivity index is 2.25. The summed E-state index contributed by atoms with van der Waals surface area (Å²) in [7, 11) is 1.67. The number of pyridine rings is 1. The normalized spacial score (nSPS) is 12.5. The van der Waals surface area contributed by atoms with E-state index in [1.807, 2.05) is 42.6 Å². The third-order valence-corrected chi connectivity index (χ3v) is 3.73. The van der Waals surface area contributed by atoms with Crippen LogP contribution in [0.3, 0.4) is 0 Å². The number of hydrogen-bond acceptors (Lipinski definition) is 3. The van der Waals surface area contributed by atoms with Crippen LogP contribution in [0.25, 0.3) is 16.9 Å². The minimum absolute atomic E-state index is 0.226. The summed E-state index contributed by atoms with van der Waals surface area (Å²) in [6.45, 7) is 2.71. The van der Waals surface area contributed by atoms with Crippen molar-refractivity contribution in [3.05, 3.63) is 54.4 Å². The van der Waals surface area contributed by atoms with E-state index in [0.717, 1.165) is 28.3 Å². The number of methoxy groups -OCH3 is 1. The van der Waals surface area contributed by atoms with E-state index < -0.39 is 0 Å². The summed E-state index contributed by atoms with van der Waals surface area (Å²) in [6.07, 6.45) is 2.04. The van der Waals surface area contributed by atoms with Crippen molar-refractivity contribution in [1.82, 2.24) is 9.38 Å². The van der Waals surface area contributed by atoms with Crippen LogP contribution < -0.4 is 10.5 Å². The highest BCUT2D eigenvalue weighted by atomic mass is 16.5. The molecule has 0 aliphatic carbocycles. The Bertz CT molecular complexity index is 764. The first-order chi connectivity index (χ1) is 10.2. The highest BCUT2D eigenvalue weighted by molar-refractivity contribution is 5.68. The Hall–Kier alpha value is -2.33. The molecule has 0 spiro atoms. The third kappa shape index (κ3) is 2.38. The van der Waals surface area contributed by atoms with Gasteiger partial charge < -0.3 is 14.9 Å². The van der Waals surface area contributed by atoms with Gasteiger partial charge in [-0.2, -0.15) is 0 Å². The molecule has 0 saturated heterocycles. The molecule has 0 aliphatic rings. The number of imidazole rings is 1. The van der Waals surface area contributed by atoms with Crippen LogP contribution >= 0.6 is 0 Å².